The van der Waals surface area contributed by atoms with Gasteiger partial charge in [-0.3, -0.25) is 29.0 Å². The van der Waals surface area contributed by atoms with E-state index in [0.717, 1.165) is 134 Å². The SMILES string of the molecule is CC(C)COc1ccccc1CN1CCC2(CC1)CCN(C(=O)c1cccc(CC(=O)O)c1)CC2.CCOC(=O)Cc1cccc(C(=O)N2CCC3(CCN(Cc4ccccc4OCC(C)C)CC3)CC2)c1. The van der Waals surface area contributed by atoms with E-state index in [0.29, 0.717) is 46.0 Å². The van der Waals surface area contributed by atoms with E-state index in [1.54, 1.807) is 31.2 Å². The number of aliphatic carboxylic acids is 1. The van der Waals surface area contributed by atoms with Crippen molar-refractivity contribution in [2.45, 2.75) is 112 Å². The molecule has 0 radical (unpaired) electrons. The molecule has 1 N–H and O–H groups in total. The highest BCUT2D eigenvalue weighted by Crippen LogP contribution is 2.43. The number of esters is 1. The Kier molecular flexibility index (Phi) is 19.4. The molecule has 4 aliphatic rings. The molecule has 0 aliphatic carbocycles. The Morgan fingerprint density at radius 2 is 0.917 bits per heavy atom. The van der Waals surface area contributed by atoms with Crippen LogP contribution >= 0.6 is 0 Å². The van der Waals surface area contributed by atoms with E-state index in [1.165, 1.54) is 24.0 Å². The molecule has 4 fully saturated rings. The molecule has 388 valence electrons. The van der Waals surface area contributed by atoms with Crippen LogP contribution in [0.25, 0.3) is 0 Å². The highest BCUT2D eigenvalue weighted by atomic mass is 16.5. The Morgan fingerprint density at radius 1 is 0.528 bits per heavy atom. The number of ether oxygens (including phenoxy) is 3. The molecule has 0 atom stereocenters. The molecule has 4 heterocycles. The van der Waals surface area contributed by atoms with Crippen LogP contribution in [0.5, 0.6) is 11.5 Å². The summed E-state index contributed by atoms with van der Waals surface area (Å²) in [5.74, 6) is 1.96. The standard InChI is InChI=1S/C31H42N2O4.C29H38N2O4/c1-4-36-29(34)21-25-8-7-10-26(20-25)30(35)33-18-14-31(15-19-33)12-16-32(17-13-31)22-27-9-5-6-11-28(27)37-23-24(2)3;1-22(2)21-35-26-9-4-3-7-25(26)20-30-14-10-29(11-15-30)12-16-31(17-13-29)28(34)24-8-5-6-23(18-24)19-27(32)33/h5-11,20,24H,4,12-19,21-23H2,1-3H3;3-9,18,22H,10-17,19-21H2,1-2H3,(H,32,33). The summed E-state index contributed by atoms with van der Waals surface area (Å²) in [5, 5.41) is 9.04. The van der Waals surface area contributed by atoms with Gasteiger partial charge in [-0.15, -0.1) is 0 Å². The zero-order chi connectivity index (χ0) is 51.1. The Balaban J connectivity index is 0.000000212. The number of carboxylic acids is 1. The third kappa shape index (κ3) is 15.4. The average Bonchev–Trinajstić information content (AvgIpc) is 3.37. The number of nitrogens with zero attached hydrogens (tertiary/aromatic N) is 4. The highest BCUT2D eigenvalue weighted by Gasteiger charge is 2.40. The number of para-hydroxylation sites is 2. The van der Waals surface area contributed by atoms with Crippen LogP contribution in [0.15, 0.2) is 97.1 Å². The highest BCUT2D eigenvalue weighted by molar-refractivity contribution is 5.95. The first-order valence-corrected chi connectivity index (χ1v) is 26.7. The minimum absolute atomic E-state index is 0.0162. The number of carboxylic acid groups (broad SMARTS) is 1. The van der Waals surface area contributed by atoms with Gasteiger partial charge in [0.1, 0.15) is 11.5 Å². The Labute approximate surface area is 429 Å². The number of benzene rings is 4. The number of amides is 2. The van der Waals surface area contributed by atoms with Gasteiger partial charge in [-0.05, 0) is 155 Å². The maximum atomic E-state index is 13.2. The van der Waals surface area contributed by atoms with Gasteiger partial charge in [-0.2, -0.15) is 0 Å². The van der Waals surface area contributed by atoms with Gasteiger partial charge < -0.3 is 29.1 Å². The van der Waals surface area contributed by atoms with Crippen molar-refractivity contribution in [3.8, 4) is 11.5 Å². The second-order valence-corrected chi connectivity index (χ2v) is 21.7. The van der Waals surface area contributed by atoms with E-state index < -0.39 is 5.97 Å². The molecule has 4 aromatic rings. The van der Waals surface area contributed by atoms with Gasteiger partial charge in [0.2, 0.25) is 0 Å². The first-order chi connectivity index (χ1) is 34.7. The number of rotatable bonds is 17. The summed E-state index contributed by atoms with van der Waals surface area (Å²) >= 11 is 0. The van der Waals surface area contributed by atoms with Crippen LogP contribution < -0.4 is 9.47 Å². The van der Waals surface area contributed by atoms with Crippen LogP contribution in [-0.2, 0) is 40.3 Å². The Hall–Kier alpha value is -5.72. The van der Waals surface area contributed by atoms with Crippen molar-refractivity contribution < 1.29 is 38.5 Å². The summed E-state index contributed by atoms with van der Waals surface area (Å²) in [6.07, 6.45) is 9.02. The van der Waals surface area contributed by atoms with Crippen molar-refractivity contribution in [3.05, 3.63) is 130 Å². The van der Waals surface area contributed by atoms with Gasteiger partial charge in [0.05, 0.1) is 32.7 Å². The number of hydrogen-bond acceptors (Lipinski definition) is 9. The fourth-order valence-corrected chi connectivity index (χ4v) is 10.8. The van der Waals surface area contributed by atoms with E-state index in [1.807, 2.05) is 40.1 Å². The van der Waals surface area contributed by atoms with E-state index in [9.17, 15) is 19.2 Å². The van der Waals surface area contributed by atoms with Crippen molar-refractivity contribution in [2.75, 3.05) is 72.2 Å². The summed E-state index contributed by atoms with van der Waals surface area (Å²) in [5.41, 5.74) is 5.93. The number of piperidine rings is 4. The molecule has 12 heteroatoms. The third-order valence-electron chi connectivity index (χ3n) is 15.3. The van der Waals surface area contributed by atoms with Crippen LogP contribution in [-0.4, -0.2) is 121 Å². The molecular formula is C60H80N4O8. The smallest absolute Gasteiger partial charge is 0.310 e. The zero-order valence-corrected chi connectivity index (χ0v) is 43.7. The summed E-state index contributed by atoms with van der Waals surface area (Å²) in [4.78, 5) is 58.1. The van der Waals surface area contributed by atoms with Gasteiger partial charge in [0, 0.05) is 61.5 Å². The van der Waals surface area contributed by atoms with E-state index in [-0.39, 0.29) is 30.6 Å². The largest absolute Gasteiger partial charge is 0.493 e. The van der Waals surface area contributed by atoms with Crippen LogP contribution in [0.3, 0.4) is 0 Å². The average molecular weight is 985 g/mol. The Bertz CT molecular complexity index is 2400. The molecule has 0 saturated carbocycles. The molecule has 0 unspecified atom stereocenters. The zero-order valence-electron chi connectivity index (χ0n) is 43.7. The topological polar surface area (TPSA) is 129 Å². The molecule has 8 rings (SSSR count). The van der Waals surface area contributed by atoms with Crippen LogP contribution in [0.1, 0.15) is 129 Å². The molecular weight excluding hydrogens is 905 g/mol. The lowest BCUT2D eigenvalue weighted by atomic mass is 9.71. The maximum Gasteiger partial charge on any atom is 0.310 e. The first kappa shape index (κ1) is 54.1. The summed E-state index contributed by atoms with van der Waals surface area (Å²) in [6, 6.07) is 31.3. The van der Waals surface area contributed by atoms with E-state index in [2.05, 4.69) is 80.0 Å². The van der Waals surface area contributed by atoms with Gasteiger partial charge in [-0.25, -0.2) is 0 Å². The van der Waals surface area contributed by atoms with Gasteiger partial charge in [-0.1, -0.05) is 88.4 Å². The molecule has 2 spiro atoms. The third-order valence-corrected chi connectivity index (χ3v) is 15.3. The van der Waals surface area contributed by atoms with E-state index >= 15 is 0 Å². The van der Waals surface area contributed by atoms with Crippen molar-refractivity contribution in [1.82, 2.24) is 19.6 Å². The minimum Gasteiger partial charge on any atom is -0.493 e. The minimum atomic E-state index is -0.882. The van der Waals surface area contributed by atoms with Crippen molar-refractivity contribution in [3.63, 3.8) is 0 Å². The van der Waals surface area contributed by atoms with E-state index in [4.69, 9.17) is 19.3 Å². The van der Waals surface area contributed by atoms with Crippen LogP contribution in [0.4, 0.5) is 0 Å². The fraction of sp³-hybridized carbons (Fsp3) is 0.533. The molecule has 12 nitrogen and oxygen atoms in total. The van der Waals surface area contributed by atoms with Crippen molar-refractivity contribution in [1.29, 1.82) is 0 Å². The molecule has 2 amide bonds. The van der Waals surface area contributed by atoms with Gasteiger partial charge >= 0.3 is 11.9 Å². The molecule has 72 heavy (non-hydrogen) atoms. The second kappa shape index (κ2) is 25.8. The molecule has 4 saturated heterocycles. The summed E-state index contributed by atoms with van der Waals surface area (Å²) < 4.78 is 17.2. The number of likely N-dealkylation sites (tertiary alicyclic amines) is 4. The number of carbonyl (C=O) groups is 4. The number of hydrogen-bond donors (Lipinski definition) is 1. The quantitative estimate of drug-likeness (QED) is 0.102. The lowest BCUT2D eigenvalue weighted by Gasteiger charge is -2.47. The van der Waals surface area contributed by atoms with Crippen LogP contribution in [0, 0.1) is 22.7 Å². The predicted molar refractivity (Wildman–Crippen MR) is 282 cm³/mol. The maximum absolute atomic E-state index is 13.2. The summed E-state index contributed by atoms with van der Waals surface area (Å²) in [7, 11) is 0. The summed E-state index contributed by atoms with van der Waals surface area (Å²) in [6.45, 7) is 21.6. The lowest BCUT2D eigenvalue weighted by molar-refractivity contribution is -0.142. The van der Waals surface area contributed by atoms with Gasteiger partial charge in [0.15, 0.2) is 0 Å². The van der Waals surface area contributed by atoms with Crippen molar-refractivity contribution >= 4 is 23.8 Å². The van der Waals surface area contributed by atoms with Crippen molar-refractivity contribution in [2.24, 2.45) is 22.7 Å². The lowest BCUT2D eigenvalue weighted by Crippen LogP contribution is -2.48. The molecule has 4 aliphatic heterocycles. The van der Waals surface area contributed by atoms with Gasteiger partial charge in [0.25, 0.3) is 11.8 Å². The molecule has 0 bridgehead atoms. The Morgan fingerprint density at radius 3 is 1.31 bits per heavy atom. The normalized spacial score (nSPS) is 17.9. The molecule has 4 aromatic carbocycles. The number of carbonyl (C=O) groups excluding carboxylic acids is 3. The fourth-order valence-electron chi connectivity index (χ4n) is 10.8. The predicted octanol–water partition coefficient (Wildman–Crippen LogP) is 10.2. The first-order valence-electron chi connectivity index (χ1n) is 26.7. The monoisotopic (exact) mass is 985 g/mol. The van der Waals surface area contributed by atoms with Crippen LogP contribution in [0.2, 0.25) is 0 Å². The molecule has 0 aromatic heterocycles. The second-order valence-electron chi connectivity index (χ2n) is 21.7.